The lowest BCUT2D eigenvalue weighted by atomic mass is 10.1. The molecule has 0 aliphatic rings. The van der Waals surface area contributed by atoms with E-state index in [-0.39, 0.29) is 6.03 Å². The molecule has 0 spiro atoms. The van der Waals surface area contributed by atoms with Crippen molar-refractivity contribution in [3.63, 3.8) is 0 Å². The molecule has 0 aliphatic heterocycles. The summed E-state index contributed by atoms with van der Waals surface area (Å²) < 4.78 is 0. The van der Waals surface area contributed by atoms with E-state index < -0.39 is 0 Å². The summed E-state index contributed by atoms with van der Waals surface area (Å²) in [6, 6.07) is 18.7. The number of anilines is 4. The van der Waals surface area contributed by atoms with E-state index in [1.807, 2.05) is 67.6 Å². The van der Waals surface area contributed by atoms with Gasteiger partial charge in [-0.15, -0.1) is 5.10 Å². The molecule has 0 radical (unpaired) electrons. The third-order valence-corrected chi connectivity index (χ3v) is 3.83. The van der Waals surface area contributed by atoms with E-state index in [4.69, 9.17) is 0 Å². The van der Waals surface area contributed by atoms with Crippen molar-refractivity contribution in [3.05, 3.63) is 71.9 Å². The third kappa shape index (κ3) is 4.80. The number of amides is 2. The van der Waals surface area contributed by atoms with E-state index in [9.17, 15) is 4.79 Å². The molecular formula is C20H21N5O. The Morgan fingerprint density at radius 3 is 1.92 bits per heavy atom. The Labute approximate surface area is 152 Å². The minimum absolute atomic E-state index is 0.278. The molecule has 2 amide bonds. The van der Waals surface area contributed by atoms with Gasteiger partial charge in [-0.2, -0.15) is 5.10 Å². The highest BCUT2D eigenvalue weighted by Gasteiger charge is 2.03. The maximum absolute atomic E-state index is 12.1. The molecule has 3 rings (SSSR count). The molecule has 0 fully saturated rings. The topological polar surface area (TPSA) is 78.9 Å². The summed E-state index contributed by atoms with van der Waals surface area (Å²) in [5.74, 6) is 0.671. The number of benzene rings is 2. The van der Waals surface area contributed by atoms with Gasteiger partial charge >= 0.3 is 6.03 Å². The molecule has 132 valence electrons. The second kappa shape index (κ2) is 8.11. The Kier molecular flexibility index (Phi) is 5.43. The summed E-state index contributed by atoms with van der Waals surface area (Å²) in [6.45, 7) is 3.99. The average molecular weight is 347 g/mol. The van der Waals surface area contributed by atoms with Crippen LogP contribution in [-0.2, 0) is 6.42 Å². The maximum Gasteiger partial charge on any atom is 0.323 e. The minimum atomic E-state index is -0.278. The van der Waals surface area contributed by atoms with Crippen LogP contribution in [0.1, 0.15) is 18.2 Å². The minimum Gasteiger partial charge on any atom is -0.339 e. The first-order valence-corrected chi connectivity index (χ1v) is 8.47. The van der Waals surface area contributed by atoms with E-state index in [1.165, 1.54) is 5.56 Å². The van der Waals surface area contributed by atoms with Gasteiger partial charge in [-0.05, 0) is 67.4 Å². The molecule has 2 aromatic carbocycles. The number of nitrogens with zero attached hydrogens (tertiary/aromatic N) is 2. The number of rotatable bonds is 5. The number of carbonyl (C=O) groups is 1. The van der Waals surface area contributed by atoms with Crippen LogP contribution in [0.4, 0.5) is 27.7 Å². The monoisotopic (exact) mass is 347 g/mol. The summed E-state index contributed by atoms with van der Waals surface area (Å²) in [6.07, 6.45) is 0.973. The molecule has 26 heavy (non-hydrogen) atoms. The van der Waals surface area contributed by atoms with E-state index in [2.05, 4.69) is 33.1 Å². The van der Waals surface area contributed by atoms with Gasteiger partial charge in [-0.25, -0.2) is 4.79 Å². The Morgan fingerprint density at radius 2 is 1.38 bits per heavy atom. The quantitative estimate of drug-likeness (QED) is 0.623. The normalized spacial score (nSPS) is 10.2. The second-order valence-corrected chi connectivity index (χ2v) is 5.89. The summed E-state index contributed by atoms with van der Waals surface area (Å²) >= 11 is 0. The number of aryl methyl sites for hydroxylation is 2. The zero-order valence-electron chi connectivity index (χ0n) is 14.8. The highest BCUT2D eigenvalue weighted by Crippen LogP contribution is 2.18. The Balaban J connectivity index is 1.56. The van der Waals surface area contributed by atoms with Gasteiger partial charge in [0.1, 0.15) is 0 Å². The van der Waals surface area contributed by atoms with Crippen molar-refractivity contribution >= 4 is 28.9 Å². The van der Waals surface area contributed by atoms with Crippen molar-refractivity contribution in [2.75, 3.05) is 16.0 Å². The fourth-order valence-corrected chi connectivity index (χ4v) is 2.37. The van der Waals surface area contributed by atoms with Crippen LogP contribution < -0.4 is 16.0 Å². The number of hydrogen-bond donors (Lipinski definition) is 3. The Hall–Kier alpha value is -3.41. The van der Waals surface area contributed by atoms with Crippen molar-refractivity contribution in [2.45, 2.75) is 20.3 Å². The van der Waals surface area contributed by atoms with Crippen LogP contribution in [0.2, 0.25) is 0 Å². The molecule has 0 unspecified atom stereocenters. The largest absolute Gasteiger partial charge is 0.339 e. The second-order valence-electron chi connectivity index (χ2n) is 5.89. The van der Waals surface area contributed by atoms with Crippen LogP contribution in [0.3, 0.4) is 0 Å². The first kappa shape index (κ1) is 17.4. The molecule has 1 aromatic heterocycles. The summed E-state index contributed by atoms with van der Waals surface area (Å²) in [5.41, 5.74) is 4.43. The lowest BCUT2D eigenvalue weighted by molar-refractivity contribution is 0.262. The zero-order chi connectivity index (χ0) is 18.4. The molecule has 3 aromatic rings. The van der Waals surface area contributed by atoms with Gasteiger partial charge in [0.05, 0.1) is 5.69 Å². The third-order valence-electron chi connectivity index (χ3n) is 3.83. The highest BCUT2D eigenvalue weighted by molar-refractivity contribution is 5.99. The van der Waals surface area contributed by atoms with Crippen molar-refractivity contribution < 1.29 is 4.79 Å². The van der Waals surface area contributed by atoms with E-state index in [0.717, 1.165) is 23.5 Å². The van der Waals surface area contributed by atoms with Crippen LogP contribution in [0.5, 0.6) is 0 Å². The number of urea groups is 1. The fourth-order valence-electron chi connectivity index (χ4n) is 2.37. The van der Waals surface area contributed by atoms with Crippen molar-refractivity contribution in [1.82, 2.24) is 10.2 Å². The van der Waals surface area contributed by atoms with Crippen molar-refractivity contribution in [1.29, 1.82) is 0 Å². The predicted molar refractivity (Wildman–Crippen MR) is 105 cm³/mol. The lowest BCUT2D eigenvalue weighted by Crippen LogP contribution is -2.19. The summed E-state index contributed by atoms with van der Waals surface area (Å²) in [5, 5.41) is 16.9. The van der Waals surface area contributed by atoms with Crippen LogP contribution in [0.25, 0.3) is 0 Å². The smallest absolute Gasteiger partial charge is 0.323 e. The van der Waals surface area contributed by atoms with Crippen molar-refractivity contribution in [2.24, 2.45) is 0 Å². The van der Waals surface area contributed by atoms with Gasteiger partial charge in [-0.3, -0.25) is 0 Å². The first-order valence-electron chi connectivity index (χ1n) is 8.47. The maximum atomic E-state index is 12.1. The van der Waals surface area contributed by atoms with E-state index >= 15 is 0 Å². The molecule has 6 nitrogen and oxygen atoms in total. The summed E-state index contributed by atoms with van der Waals surface area (Å²) in [7, 11) is 0. The van der Waals surface area contributed by atoms with Crippen LogP contribution >= 0.6 is 0 Å². The lowest BCUT2D eigenvalue weighted by Gasteiger charge is -2.09. The fraction of sp³-hybridized carbons (Fsp3) is 0.150. The molecule has 3 N–H and O–H groups in total. The predicted octanol–water partition coefficient (Wildman–Crippen LogP) is 4.74. The average Bonchev–Trinajstić information content (AvgIpc) is 2.66. The first-order chi connectivity index (χ1) is 12.6. The molecule has 0 bridgehead atoms. The number of carbonyl (C=O) groups excluding carboxylic acids is 1. The molecule has 0 aliphatic carbocycles. The van der Waals surface area contributed by atoms with Crippen LogP contribution in [-0.4, -0.2) is 16.2 Å². The van der Waals surface area contributed by atoms with Gasteiger partial charge < -0.3 is 16.0 Å². The zero-order valence-corrected chi connectivity index (χ0v) is 14.8. The van der Waals surface area contributed by atoms with Gasteiger partial charge in [0.25, 0.3) is 0 Å². The summed E-state index contributed by atoms with van der Waals surface area (Å²) in [4.78, 5) is 12.1. The van der Waals surface area contributed by atoms with Gasteiger partial charge in [-0.1, -0.05) is 19.1 Å². The Morgan fingerprint density at radius 1 is 0.808 bits per heavy atom. The van der Waals surface area contributed by atoms with E-state index in [0.29, 0.717) is 11.5 Å². The number of aromatic nitrogens is 2. The highest BCUT2D eigenvalue weighted by atomic mass is 16.2. The SMILES string of the molecule is CCc1ccc(NC(=O)Nc2ccc(Nc3ccc(C)nn3)cc2)cc1. The molecule has 0 saturated heterocycles. The number of nitrogens with one attached hydrogen (secondary N) is 3. The molecule has 0 saturated carbocycles. The van der Waals surface area contributed by atoms with Crippen LogP contribution in [0, 0.1) is 6.92 Å². The van der Waals surface area contributed by atoms with Gasteiger partial charge in [0.2, 0.25) is 0 Å². The molecule has 0 atom stereocenters. The number of hydrogen-bond acceptors (Lipinski definition) is 4. The molecule has 1 heterocycles. The Bertz CT molecular complexity index is 858. The van der Waals surface area contributed by atoms with Crippen LogP contribution in [0.15, 0.2) is 60.7 Å². The molecule has 6 heteroatoms. The van der Waals surface area contributed by atoms with Gasteiger partial charge in [0.15, 0.2) is 5.82 Å². The van der Waals surface area contributed by atoms with E-state index in [1.54, 1.807) is 0 Å². The molecular weight excluding hydrogens is 326 g/mol. The van der Waals surface area contributed by atoms with Gasteiger partial charge in [0, 0.05) is 17.1 Å². The standard InChI is InChI=1S/C20H21N5O/c1-3-15-5-7-17(8-6-15)22-20(26)23-18-11-9-16(10-12-18)21-19-13-4-14(2)24-25-19/h4-13H,3H2,1-2H3,(H,21,25)(H2,22,23,26). The van der Waals surface area contributed by atoms with Crippen molar-refractivity contribution in [3.8, 4) is 0 Å².